The van der Waals surface area contributed by atoms with Crippen molar-refractivity contribution in [2.75, 3.05) is 9.80 Å². The van der Waals surface area contributed by atoms with E-state index >= 15 is 0 Å². The molecule has 1 aliphatic heterocycles. The van der Waals surface area contributed by atoms with Crippen molar-refractivity contribution in [3.05, 3.63) is 222 Å². The summed E-state index contributed by atoms with van der Waals surface area (Å²) in [6, 6.07) is 64.8. The number of fused-ring (bicyclic) bond motifs is 4. The molecule has 6 heteroatoms. The molecule has 0 amide bonds. The van der Waals surface area contributed by atoms with Gasteiger partial charge < -0.3 is 19.1 Å². The van der Waals surface area contributed by atoms with Crippen LogP contribution in [0.5, 0.6) is 11.5 Å². The Kier molecular flexibility index (Phi) is 13.0. The zero-order valence-electron chi connectivity index (χ0n) is 44.2. The Labute approximate surface area is 443 Å². The van der Waals surface area contributed by atoms with Crippen LogP contribution in [0.4, 0.5) is 22.7 Å². The third-order valence-corrected chi connectivity index (χ3v) is 14.8. The number of benzene rings is 7. The van der Waals surface area contributed by atoms with Gasteiger partial charge in [0.15, 0.2) is 0 Å². The molecule has 72 heavy (non-hydrogen) atoms. The second kappa shape index (κ2) is 18.6. The Balaban J connectivity index is 0.00000640. The van der Waals surface area contributed by atoms with Crippen LogP contribution < -0.4 is 14.5 Å². The van der Waals surface area contributed by atoms with E-state index in [2.05, 4.69) is 275 Å². The summed E-state index contributed by atoms with van der Waals surface area (Å²) in [6.45, 7) is 32.0. The van der Waals surface area contributed by atoms with E-state index in [0.29, 0.717) is 11.5 Å². The number of aromatic nitrogens is 2. The normalized spacial score (nSPS) is 13.4. The molecule has 7 aromatic carbocycles. The van der Waals surface area contributed by atoms with Gasteiger partial charge >= 0.3 is 0 Å². The van der Waals surface area contributed by atoms with Crippen LogP contribution in [0.15, 0.2) is 164 Å². The van der Waals surface area contributed by atoms with Crippen LogP contribution in [0.3, 0.4) is 0 Å². The number of anilines is 4. The van der Waals surface area contributed by atoms with Crippen LogP contribution in [0.1, 0.15) is 129 Å². The molecule has 3 heterocycles. The molecule has 9 aromatic rings. The maximum Gasteiger partial charge on any atom is 0.135 e. The van der Waals surface area contributed by atoms with E-state index < -0.39 is 0 Å². The first-order chi connectivity index (χ1) is 33.6. The molecule has 5 nitrogen and oxygen atoms in total. The third kappa shape index (κ3) is 9.42. The van der Waals surface area contributed by atoms with Crippen LogP contribution in [-0.4, -0.2) is 9.55 Å². The van der Waals surface area contributed by atoms with Crippen molar-refractivity contribution >= 4 is 44.6 Å². The Hall–Kier alpha value is -6.42. The van der Waals surface area contributed by atoms with Crippen molar-refractivity contribution in [3.63, 3.8) is 0 Å². The minimum atomic E-state index is -0.253. The molecule has 0 bridgehead atoms. The molecule has 0 N–H and O–H groups in total. The van der Waals surface area contributed by atoms with Gasteiger partial charge in [-0.05, 0) is 97.5 Å². The summed E-state index contributed by atoms with van der Waals surface area (Å²) < 4.78 is 9.16. The van der Waals surface area contributed by atoms with E-state index in [-0.39, 0.29) is 48.1 Å². The minimum Gasteiger partial charge on any atom is -0.509 e. The summed E-state index contributed by atoms with van der Waals surface area (Å²) in [5.74, 6) is 2.08. The Bertz CT molecular complexity index is 3440. The fraction of sp³-hybridized carbons (Fsp3) is 0.273. The summed E-state index contributed by atoms with van der Waals surface area (Å²) in [5, 5.41) is 2.23. The Morgan fingerprint density at radius 3 is 1.69 bits per heavy atom. The molecule has 2 aromatic heterocycles. The van der Waals surface area contributed by atoms with Gasteiger partial charge in [-0.2, -0.15) is 6.07 Å². The maximum absolute atomic E-state index is 6.95. The average Bonchev–Trinajstić information content (AvgIpc) is 3.89. The number of rotatable bonds is 9. The van der Waals surface area contributed by atoms with Crippen LogP contribution in [-0.2, 0) is 48.1 Å². The molecule has 0 fully saturated rings. The fourth-order valence-electron chi connectivity index (χ4n) is 9.98. The van der Waals surface area contributed by atoms with Gasteiger partial charge in [-0.1, -0.05) is 187 Å². The molecule has 0 atom stereocenters. The second-order valence-electron chi connectivity index (χ2n) is 23.6. The number of hydrogen-bond donors (Lipinski definition) is 0. The smallest absolute Gasteiger partial charge is 0.135 e. The van der Waals surface area contributed by atoms with Crippen molar-refractivity contribution in [1.82, 2.24) is 9.55 Å². The fourth-order valence-corrected chi connectivity index (χ4v) is 9.98. The van der Waals surface area contributed by atoms with E-state index in [1.807, 2.05) is 12.3 Å². The van der Waals surface area contributed by atoms with Gasteiger partial charge in [0, 0.05) is 72.2 Å². The van der Waals surface area contributed by atoms with Gasteiger partial charge in [-0.25, -0.2) is 4.98 Å². The van der Waals surface area contributed by atoms with Crippen LogP contribution >= 0.6 is 0 Å². The molecular weight excluding hydrogens is 1060 g/mol. The molecular formula is C66H67N4OPt-3. The summed E-state index contributed by atoms with van der Waals surface area (Å²) in [6.07, 6.45) is 1.91. The van der Waals surface area contributed by atoms with Crippen LogP contribution in [0, 0.1) is 18.8 Å². The number of hydrogen-bond acceptors (Lipinski definition) is 4. The Morgan fingerprint density at radius 2 is 1.04 bits per heavy atom. The van der Waals surface area contributed by atoms with Crippen LogP contribution in [0.2, 0.25) is 0 Å². The van der Waals surface area contributed by atoms with Gasteiger partial charge in [-0.3, -0.25) is 0 Å². The van der Waals surface area contributed by atoms with E-state index in [1.54, 1.807) is 0 Å². The summed E-state index contributed by atoms with van der Waals surface area (Å²) in [4.78, 5) is 9.60. The molecule has 0 radical (unpaired) electrons. The minimum absolute atomic E-state index is 0. The predicted octanol–water partition coefficient (Wildman–Crippen LogP) is 17.5. The van der Waals surface area contributed by atoms with Crippen molar-refractivity contribution in [3.8, 4) is 17.3 Å². The molecule has 0 aliphatic carbocycles. The maximum atomic E-state index is 6.95. The molecule has 10 rings (SSSR count). The van der Waals surface area contributed by atoms with Gasteiger partial charge in [0.2, 0.25) is 0 Å². The SMILES string of the molecule is CC(C)(C)c1cc(Oc2[c-]c3c(cc2)c2ccccc2n3-c2cc(C(C)(C)C)ccn2)[c-]c(N2[CH-]N(c3cc(C(C)(C)C)cc(C(C)(C)c4ccccc4)c3)c3cc(C(C)(C)c4ccccc4)ccc32)c1.[Pt]. The largest absolute Gasteiger partial charge is 0.509 e. The first-order valence-electron chi connectivity index (χ1n) is 25.1. The zero-order chi connectivity index (χ0) is 50.3. The predicted molar refractivity (Wildman–Crippen MR) is 297 cm³/mol. The van der Waals surface area contributed by atoms with E-state index in [1.165, 1.54) is 33.4 Å². The van der Waals surface area contributed by atoms with E-state index in [4.69, 9.17) is 9.72 Å². The third-order valence-electron chi connectivity index (χ3n) is 14.8. The number of pyridine rings is 1. The van der Waals surface area contributed by atoms with Crippen molar-refractivity contribution in [2.45, 2.75) is 117 Å². The molecule has 0 spiro atoms. The first kappa shape index (κ1) is 50.5. The number of ether oxygens (including phenoxy) is 1. The monoisotopic (exact) mass is 1130 g/mol. The standard InChI is InChI=1S/C66H67N4O.Pt/c1-62(2,3)46-32-33-67-61(40-46)70-57-27-21-20-26-55(57)56-30-29-53(42-59(56)70)71-54-38-49(64(7,8)9)36-52(41-54)68-43-69(60-39-47(28-31-58(60)68)65(10,11)44-22-16-14-17-23-44)51-35-48(63(4,5)6)34-50(37-51)66(12,13)45-24-18-15-19-25-45;/h14-40,43H,1-13H3;/q-3;. The van der Waals surface area contributed by atoms with Gasteiger partial charge in [0.05, 0.1) is 0 Å². The van der Waals surface area contributed by atoms with Gasteiger partial charge in [0.25, 0.3) is 0 Å². The number of para-hydroxylation sites is 1. The summed E-state index contributed by atoms with van der Waals surface area (Å²) >= 11 is 0. The molecule has 370 valence electrons. The first-order valence-corrected chi connectivity index (χ1v) is 25.1. The van der Waals surface area contributed by atoms with Crippen molar-refractivity contribution < 1.29 is 25.8 Å². The van der Waals surface area contributed by atoms with Gasteiger partial charge in [0.1, 0.15) is 5.82 Å². The molecule has 0 saturated carbocycles. The Morgan fingerprint density at radius 1 is 0.444 bits per heavy atom. The average molecular weight is 1130 g/mol. The summed E-state index contributed by atoms with van der Waals surface area (Å²) in [5.41, 5.74) is 14.0. The van der Waals surface area contributed by atoms with Gasteiger partial charge in [-0.15, -0.1) is 53.6 Å². The van der Waals surface area contributed by atoms with Crippen LogP contribution in [0.25, 0.3) is 27.6 Å². The van der Waals surface area contributed by atoms with Crippen molar-refractivity contribution in [2.24, 2.45) is 0 Å². The molecule has 0 unspecified atom stereocenters. The van der Waals surface area contributed by atoms with Crippen molar-refractivity contribution in [1.29, 1.82) is 0 Å². The quantitative estimate of drug-likeness (QED) is 0.135. The number of nitrogens with zero attached hydrogens (tertiary/aromatic N) is 4. The second-order valence-corrected chi connectivity index (χ2v) is 23.6. The summed E-state index contributed by atoms with van der Waals surface area (Å²) in [7, 11) is 0. The molecule has 1 aliphatic rings. The zero-order valence-corrected chi connectivity index (χ0v) is 46.5. The van der Waals surface area contributed by atoms with E-state index in [9.17, 15) is 0 Å². The van der Waals surface area contributed by atoms with E-state index in [0.717, 1.165) is 55.9 Å². The topological polar surface area (TPSA) is 33.5 Å². The molecule has 0 saturated heterocycles.